The Kier molecular flexibility index (Phi) is 6.82. The second kappa shape index (κ2) is 10.1. The molecule has 190 valence electrons. The number of nitrogens with zero attached hydrogens (tertiary/aromatic N) is 2. The van der Waals surface area contributed by atoms with Crippen molar-refractivity contribution in [3.8, 4) is 0 Å². The zero-order valence-electron chi connectivity index (χ0n) is 19.8. The minimum Gasteiger partial charge on any atom is -0.324 e. The summed E-state index contributed by atoms with van der Waals surface area (Å²) in [6, 6.07) is 27.4. The molecule has 1 aliphatic heterocycles. The van der Waals surface area contributed by atoms with Crippen LogP contribution in [0.15, 0.2) is 113 Å². The predicted molar refractivity (Wildman–Crippen MR) is 142 cm³/mol. The summed E-state index contributed by atoms with van der Waals surface area (Å²) >= 11 is 0. The summed E-state index contributed by atoms with van der Waals surface area (Å²) in [6.07, 6.45) is 0. The van der Waals surface area contributed by atoms with Gasteiger partial charge < -0.3 is 5.32 Å². The van der Waals surface area contributed by atoms with E-state index in [0.29, 0.717) is 5.69 Å². The van der Waals surface area contributed by atoms with Gasteiger partial charge in [-0.05, 0) is 35.7 Å². The summed E-state index contributed by atoms with van der Waals surface area (Å²) in [5.74, 6) is -0.608. The molecule has 0 radical (unpaired) electrons. The number of hydrogen-bond donors (Lipinski definition) is 1. The number of carbonyl (C=O) groups excluding carboxylic acids is 1. The number of carbonyl (C=O) groups is 1. The number of piperazine rings is 1. The quantitative estimate of drug-likeness (QED) is 0.407. The van der Waals surface area contributed by atoms with Crippen LogP contribution in [0.25, 0.3) is 10.8 Å². The Morgan fingerprint density at radius 3 is 1.92 bits per heavy atom. The van der Waals surface area contributed by atoms with E-state index >= 15 is 0 Å². The number of sulfonamides is 2. The van der Waals surface area contributed by atoms with Crippen LogP contribution in [0.1, 0.15) is 0 Å². The number of hydrogen-bond acceptors (Lipinski definition) is 5. The Hall–Kier alpha value is -3.57. The SMILES string of the molecule is O=C(Nc1cccc2ccccc12)C1CN(S(=O)(=O)c2ccccc2)CCN1S(=O)(=O)c1ccccc1. The van der Waals surface area contributed by atoms with Crippen molar-refractivity contribution in [3.63, 3.8) is 0 Å². The molecule has 1 amide bonds. The Bertz CT molecular complexity index is 1640. The van der Waals surface area contributed by atoms with E-state index in [1.54, 1.807) is 48.5 Å². The lowest BCUT2D eigenvalue weighted by Crippen LogP contribution is -2.60. The number of benzene rings is 4. The number of nitrogens with one attached hydrogen (secondary N) is 1. The Morgan fingerprint density at radius 2 is 1.24 bits per heavy atom. The third kappa shape index (κ3) is 4.88. The second-order valence-corrected chi connectivity index (χ2v) is 12.5. The molecule has 4 aromatic carbocycles. The topological polar surface area (TPSA) is 104 Å². The van der Waals surface area contributed by atoms with Crippen LogP contribution in [-0.4, -0.2) is 57.0 Å². The highest BCUT2D eigenvalue weighted by Crippen LogP contribution is 2.28. The molecule has 37 heavy (non-hydrogen) atoms. The van der Waals surface area contributed by atoms with Crippen molar-refractivity contribution in [2.75, 3.05) is 25.0 Å². The fourth-order valence-electron chi connectivity index (χ4n) is 4.48. The van der Waals surface area contributed by atoms with Gasteiger partial charge in [0.2, 0.25) is 26.0 Å². The van der Waals surface area contributed by atoms with Crippen LogP contribution in [0.2, 0.25) is 0 Å². The van der Waals surface area contributed by atoms with Gasteiger partial charge in [0.1, 0.15) is 6.04 Å². The molecule has 1 aliphatic rings. The van der Waals surface area contributed by atoms with Crippen molar-refractivity contribution in [1.82, 2.24) is 8.61 Å². The van der Waals surface area contributed by atoms with Gasteiger partial charge in [0.05, 0.1) is 9.79 Å². The van der Waals surface area contributed by atoms with Gasteiger partial charge in [0.25, 0.3) is 0 Å². The standard InChI is InChI=1S/C27H25N3O5S2/c31-27(28-25-17-9-11-21-10-7-8-16-24(21)25)26-20-29(36(32,33)22-12-3-1-4-13-22)18-19-30(26)37(34,35)23-14-5-2-6-15-23/h1-17,26H,18-20H2,(H,28,31). The first-order valence-electron chi connectivity index (χ1n) is 11.7. The van der Waals surface area contributed by atoms with Crippen molar-refractivity contribution in [3.05, 3.63) is 103 Å². The molecule has 0 spiro atoms. The van der Waals surface area contributed by atoms with E-state index < -0.39 is 32.0 Å². The van der Waals surface area contributed by atoms with Gasteiger partial charge >= 0.3 is 0 Å². The van der Waals surface area contributed by atoms with Crippen molar-refractivity contribution in [2.24, 2.45) is 0 Å². The minimum absolute atomic E-state index is 0.0392. The molecule has 1 unspecified atom stereocenters. The van der Waals surface area contributed by atoms with E-state index in [1.807, 2.05) is 30.3 Å². The number of amides is 1. The fourth-order valence-corrected chi connectivity index (χ4v) is 7.53. The maximum absolute atomic E-state index is 13.7. The molecule has 10 heteroatoms. The van der Waals surface area contributed by atoms with Crippen LogP contribution in [0, 0.1) is 0 Å². The van der Waals surface area contributed by atoms with Gasteiger partial charge in [-0.1, -0.05) is 72.8 Å². The van der Waals surface area contributed by atoms with Gasteiger partial charge in [0.15, 0.2) is 0 Å². The lowest BCUT2D eigenvalue weighted by molar-refractivity contribution is -0.120. The average molecular weight is 536 g/mol. The van der Waals surface area contributed by atoms with Crippen LogP contribution in [0.4, 0.5) is 5.69 Å². The van der Waals surface area contributed by atoms with Gasteiger partial charge in [0, 0.05) is 30.7 Å². The summed E-state index contributed by atoms with van der Waals surface area (Å²) in [5.41, 5.74) is 0.517. The van der Waals surface area contributed by atoms with Gasteiger partial charge in [-0.25, -0.2) is 16.8 Å². The molecule has 1 atom stereocenters. The Labute approximate surface area is 216 Å². The summed E-state index contributed by atoms with van der Waals surface area (Å²) in [6.45, 7) is -0.571. The molecule has 0 saturated carbocycles. The minimum atomic E-state index is -4.07. The Morgan fingerprint density at radius 1 is 0.676 bits per heavy atom. The van der Waals surface area contributed by atoms with E-state index in [9.17, 15) is 21.6 Å². The summed E-state index contributed by atoms with van der Waals surface area (Å²) in [7, 11) is -8.01. The van der Waals surface area contributed by atoms with Crippen LogP contribution < -0.4 is 5.32 Å². The number of fused-ring (bicyclic) bond motifs is 1. The lowest BCUT2D eigenvalue weighted by atomic mass is 10.1. The molecule has 4 aromatic rings. The molecule has 1 fully saturated rings. The molecule has 1 N–H and O–H groups in total. The average Bonchev–Trinajstić information content (AvgIpc) is 2.94. The van der Waals surface area contributed by atoms with E-state index in [1.165, 1.54) is 28.6 Å². The van der Waals surface area contributed by atoms with Crippen molar-refractivity contribution in [2.45, 2.75) is 15.8 Å². The zero-order valence-corrected chi connectivity index (χ0v) is 21.4. The smallest absolute Gasteiger partial charge is 0.244 e. The van der Waals surface area contributed by atoms with E-state index in [2.05, 4.69) is 5.32 Å². The first kappa shape index (κ1) is 25.1. The number of anilines is 1. The summed E-state index contributed by atoms with van der Waals surface area (Å²) in [5, 5.41) is 4.55. The molecule has 5 rings (SSSR count). The van der Waals surface area contributed by atoms with E-state index in [-0.39, 0.29) is 29.4 Å². The molecule has 0 aromatic heterocycles. The normalized spacial score (nSPS) is 17.5. The molecular formula is C27H25N3O5S2. The first-order chi connectivity index (χ1) is 17.8. The van der Waals surface area contributed by atoms with Crippen molar-refractivity contribution >= 4 is 42.4 Å². The molecule has 1 heterocycles. The van der Waals surface area contributed by atoms with E-state index in [0.717, 1.165) is 15.1 Å². The van der Waals surface area contributed by atoms with Crippen LogP contribution in [0.3, 0.4) is 0 Å². The van der Waals surface area contributed by atoms with Gasteiger partial charge in [-0.15, -0.1) is 0 Å². The highest BCUT2D eigenvalue weighted by molar-refractivity contribution is 7.89. The third-order valence-electron chi connectivity index (χ3n) is 6.37. The molecular weight excluding hydrogens is 510 g/mol. The number of rotatable bonds is 6. The van der Waals surface area contributed by atoms with Gasteiger partial charge in [-0.2, -0.15) is 8.61 Å². The van der Waals surface area contributed by atoms with Crippen LogP contribution >= 0.6 is 0 Å². The highest BCUT2D eigenvalue weighted by Gasteiger charge is 2.43. The fraction of sp³-hybridized carbons (Fsp3) is 0.148. The maximum atomic E-state index is 13.7. The lowest BCUT2D eigenvalue weighted by Gasteiger charge is -2.39. The summed E-state index contributed by atoms with van der Waals surface area (Å²) < 4.78 is 56.1. The molecule has 0 bridgehead atoms. The van der Waals surface area contributed by atoms with Crippen LogP contribution in [-0.2, 0) is 24.8 Å². The van der Waals surface area contributed by atoms with Gasteiger partial charge in [-0.3, -0.25) is 4.79 Å². The molecule has 0 aliphatic carbocycles. The Balaban J connectivity index is 1.52. The van der Waals surface area contributed by atoms with E-state index in [4.69, 9.17) is 0 Å². The summed E-state index contributed by atoms with van der Waals surface area (Å²) in [4.78, 5) is 13.8. The maximum Gasteiger partial charge on any atom is 0.244 e. The van der Waals surface area contributed by atoms with Crippen LogP contribution in [0.5, 0.6) is 0 Å². The molecule has 1 saturated heterocycles. The highest BCUT2D eigenvalue weighted by atomic mass is 32.2. The monoisotopic (exact) mass is 535 g/mol. The predicted octanol–water partition coefficient (Wildman–Crippen LogP) is 3.54. The third-order valence-corrected chi connectivity index (χ3v) is 10.2. The molecule has 8 nitrogen and oxygen atoms in total. The second-order valence-electron chi connectivity index (χ2n) is 8.64. The largest absolute Gasteiger partial charge is 0.324 e. The van der Waals surface area contributed by atoms with Crippen molar-refractivity contribution < 1.29 is 21.6 Å². The zero-order chi connectivity index (χ0) is 26.0. The first-order valence-corrected chi connectivity index (χ1v) is 14.6. The van der Waals surface area contributed by atoms with Crippen molar-refractivity contribution in [1.29, 1.82) is 0 Å².